The third-order valence-electron chi connectivity index (χ3n) is 4.10. The molecule has 0 aliphatic rings. The minimum Gasteiger partial charge on any atom is -0.382 e. The van der Waals surface area contributed by atoms with Gasteiger partial charge in [-0.3, -0.25) is 9.36 Å². The lowest BCUT2D eigenvalue weighted by molar-refractivity contribution is 0.570. The molecule has 1 atom stereocenters. The smallest absolute Gasteiger partial charge is 0.262 e. The van der Waals surface area contributed by atoms with E-state index < -0.39 is 0 Å². The van der Waals surface area contributed by atoms with Gasteiger partial charge in [-0.2, -0.15) is 0 Å². The number of nitrogen functional groups attached to an aromatic ring is 1. The predicted octanol–water partition coefficient (Wildman–Crippen LogP) is 2.60. The highest BCUT2D eigenvalue weighted by molar-refractivity contribution is 6.35. The maximum absolute atomic E-state index is 13.1. The van der Waals surface area contributed by atoms with Gasteiger partial charge in [0.25, 0.3) is 5.56 Å². The second-order valence-electron chi connectivity index (χ2n) is 5.99. The number of aromatic nitrogens is 4. The summed E-state index contributed by atoms with van der Waals surface area (Å²) in [6.07, 6.45) is 1.93. The van der Waals surface area contributed by atoms with E-state index in [1.54, 1.807) is 22.8 Å². The van der Waals surface area contributed by atoms with Crippen LogP contribution in [0.5, 0.6) is 0 Å². The van der Waals surface area contributed by atoms with Gasteiger partial charge in [-0.25, -0.2) is 15.0 Å². The lowest BCUT2D eigenvalue weighted by atomic mass is 10.2. The number of halogens is 2. The van der Waals surface area contributed by atoms with E-state index in [0.29, 0.717) is 47.1 Å². The van der Waals surface area contributed by atoms with Crippen molar-refractivity contribution in [3.63, 3.8) is 0 Å². The number of nitrogens with two attached hydrogens (primary N) is 2. The molecule has 0 aliphatic carbocycles. The van der Waals surface area contributed by atoms with Crippen LogP contribution in [-0.4, -0.2) is 26.1 Å². The Hall–Kier alpha value is -2.42. The Bertz CT molecular complexity index is 1040. The summed E-state index contributed by atoms with van der Waals surface area (Å²) in [6, 6.07) is 4.79. The van der Waals surface area contributed by atoms with Crippen molar-refractivity contribution < 1.29 is 0 Å². The molecule has 0 saturated carbocycles. The SMILES string of the molecule is C[C@H](Nc1ncnc(N)c1Cl)c1nc2cccc(Cl)c2c(=O)n1CCCN. The Morgan fingerprint density at radius 3 is 2.81 bits per heavy atom. The van der Waals surface area contributed by atoms with Crippen molar-refractivity contribution >= 4 is 45.7 Å². The van der Waals surface area contributed by atoms with Crippen molar-refractivity contribution in [3.8, 4) is 0 Å². The Labute approximate surface area is 165 Å². The molecule has 8 nitrogen and oxygen atoms in total. The number of hydrogen-bond donors (Lipinski definition) is 3. The highest BCUT2D eigenvalue weighted by atomic mass is 35.5. The first-order chi connectivity index (χ1) is 12.9. The van der Waals surface area contributed by atoms with Gasteiger partial charge in [0.1, 0.15) is 23.0 Å². The minimum atomic E-state index is -0.384. The van der Waals surface area contributed by atoms with Crippen molar-refractivity contribution in [1.82, 2.24) is 19.5 Å². The number of nitrogens with one attached hydrogen (secondary N) is 1. The third-order valence-corrected chi connectivity index (χ3v) is 4.79. The second-order valence-corrected chi connectivity index (χ2v) is 6.78. The molecule has 2 heterocycles. The fourth-order valence-corrected chi connectivity index (χ4v) is 3.19. The second kappa shape index (κ2) is 8.08. The zero-order chi connectivity index (χ0) is 19.6. The molecule has 0 fully saturated rings. The molecule has 0 bridgehead atoms. The molecule has 0 amide bonds. The molecular formula is C17H19Cl2N7O. The van der Waals surface area contributed by atoms with Crippen molar-refractivity contribution in [2.75, 3.05) is 17.6 Å². The fourth-order valence-electron chi connectivity index (χ4n) is 2.79. The Kier molecular flexibility index (Phi) is 5.79. The molecule has 142 valence electrons. The summed E-state index contributed by atoms with van der Waals surface area (Å²) in [6.45, 7) is 2.72. The molecule has 2 aromatic heterocycles. The normalized spacial score (nSPS) is 12.3. The van der Waals surface area contributed by atoms with Gasteiger partial charge in [0.15, 0.2) is 5.82 Å². The first kappa shape index (κ1) is 19.3. The van der Waals surface area contributed by atoms with Crippen LogP contribution < -0.4 is 22.3 Å². The molecule has 0 unspecified atom stereocenters. The highest BCUT2D eigenvalue weighted by Gasteiger charge is 2.19. The van der Waals surface area contributed by atoms with Gasteiger partial charge in [0, 0.05) is 6.54 Å². The topological polar surface area (TPSA) is 125 Å². The monoisotopic (exact) mass is 407 g/mol. The maximum atomic E-state index is 13.1. The molecular weight excluding hydrogens is 389 g/mol. The van der Waals surface area contributed by atoms with E-state index in [0.717, 1.165) is 0 Å². The number of fused-ring (bicyclic) bond motifs is 1. The zero-order valence-electron chi connectivity index (χ0n) is 14.6. The van der Waals surface area contributed by atoms with Crippen LogP contribution in [-0.2, 0) is 6.54 Å². The molecule has 0 saturated heterocycles. The summed E-state index contributed by atoms with van der Waals surface area (Å²) >= 11 is 12.4. The van der Waals surface area contributed by atoms with Crippen LogP contribution in [0.1, 0.15) is 25.2 Å². The number of rotatable bonds is 6. The summed E-state index contributed by atoms with van der Waals surface area (Å²) in [7, 11) is 0. The van der Waals surface area contributed by atoms with Crippen molar-refractivity contribution in [3.05, 3.63) is 50.7 Å². The van der Waals surface area contributed by atoms with Crippen LogP contribution in [0.3, 0.4) is 0 Å². The first-order valence-electron chi connectivity index (χ1n) is 8.35. The average Bonchev–Trinajstić information content (AvgIpc) is 2.64. The largest absolute Gasteiger partial charge is 0.382 e. The predicted molar refractivity (Wildman–Crippen MR) is 108 cm³/mol. The number of benzene rings is 1. The standard InChI is InChI=1S/C17H19Cl2N7O/c1-9(24-15-13(19)14(21)22-8-23-15)16-25-11-5-2-4-10(18)12(11)17(27)26(16)7-3-6-20/h2,4-5,8-9H,3,6-7,20H2,1H3,(H3,21,22,23,24)/t9-/m0/s1. The number of hydrogen-bond acceptors (Lipinski definition) is 7. The van der Waals surface area contributed by atoms with Crippen LogP contribution in [0.2, 0.25) is 10.0 Å². The van der Waals surface area contributed by atoms with E-state index in [9.17, 15) is 4.79 Å². The van der Waals surface area contributed by atoms with E-state index >= 15 is 0 Å². The molecule has 3 aromatic rings. The van der Waals surface area contributed by atoms with Crippen molar-refractivity contribution in [2.45, 2.75) is 25.9 Å². The summed E-state index contributed by atoms with van der Waals surface area (Å²) in [5, 5.41) is 4.10. The van der Waals surface area contributed by atoms with E-state index in [4.69, 9.17) is 34.7 Å². The van der Waals surface area contributed by atoms with Crippen LogP contribution in [0.25, 0.3) is 10.9 Å². The van der Waals surface area contributed by atoms with Crippen LogP contribution >= 0.6 is 23.2 Å². The summed E-state index contributed by atoms with van der Waals surface area (Å²) in [5.74, 6) is 1.05. The van der Waals surface area contributed by atoms with E-state index in [1.807, 2.05) is 6.92 Å². The third kappa shape index (κ3) is 3.83. The van der Waals surface area contributed by atoms with Crippen molar-refractivity contribution in [1.29, 1.82) is 0 Å². The summed E-state index contributed by atoms with van der Waals surface area (Å²) in [4.78, 5) is 25.6. The molecule has 1 aromatic carbocycles. The molecule has 27 heavy (non-hydrogen) atoms. The summed E-state index contributed by atoms with van der Waals surface area (Å²) < 4.78 is 1.58. The lowest BCUT2D eigenvalue weighted by Gasteiger charge is -2.20. The lowest BCUT2D eigenvalue weighted by Crippen LogP contribution is -2.29. The Morgan fingerprint density at radius 2 is 2.07 bits per heavy atom. The Morgan fingerprint density at radius 1 is 1.30 bits per heavy atom. The van der Waals surface area contributed by atoms with Gasteiger partial charge in [-0.05, 0) is 32.0 Å². The minimum absolute atomic E-state index is 0.167. The quantitative estimate of drug-likeness (QED) is 0.573. The maximum Gasteiger partial charge on any atom is 0.262 e. The summed E-state index contributed by atoms with van der Waals surface area (Å²) in [5.41, 5.74) is 11.7. The van der Waals surface area contributed by atoms with Gasteiger partial charge < -0.3 is 16.8 Å². The average molecular weight is 408 g/mol. The van der Waals surface area contributed by atoms with Gasteiger partial charge in [0.2, 0.25) is 0 Å². The fraction of sp³-hybridized carbons (Fsp3) is 0.294. The Balaban J connectivity index is 2.11. The highest BCUT2D eigenvalue weighted by Crippen LogP contribution is 2.27. The van der Waals surface area contributed by atoms with Gasteiger partial charge in [0.05, 0.1) is 22.0 Å². The zero-order valence-corrected chi connectivity index (χ0v) is 16.1. The van der Waals surface area contributed by atoms with Gasteiger partial charge in [-0.1, -0.05) is 29.3 Å². The molecule has 0 aliphatic heterocycles. The van der Waals surface area contributed by atoms with Gasteiger partial charge >= 0.3 is 0 Å². The van der Waals surface area contributed by atoms with Crippen LogP contribution in [0.4, 0.5) is 11.6 Å². The van der Waals surface area contributed by atoms with E-state index in [-0.39, 0.29) is 22.4 Å². The molecule has 10 heteroatoms. The number of anilines is 2. The van der Waals surface area contributed by atoms with Gasteiger partial charge in [-0.15, -0.1) is 0 Å². The van der Waals surface area contributed by atoms with Crippen LogP contribution in [0, 0.1) is 0 Å². The molecule has 5 N–H and O–H groups in total. The van der Waals surface area contributed by atoms with E-state index in [2.05, 4.69) is 20.3 Å². The van der Waals surface area contributed by atoms with E-state index in [1.165, 1.54) is 6.33 Å². The van der Waals surface area contributed by atoms with Crippen LogP contribution in [0.15, 0.2) is 29.3 Å². The molecule has 0 spiro atoms. The first-order valence-corrected chi connectivity index (χ1v) is 9.11. The number of nitrogens with zero attached hydrogens (tertiary/aromatic N) is 4. The molecule has 3 rings (SSSR count). The van der Waals surface area contributed by atoms with Crippen molar-refractivity contribution in [2.24, 2.45) is 5.73 Å². The molecule has 0 radical (unpaired) electrons.